The summed E-state index contributed by atoms with van der Waals surface area (Å²) in [5.74, 6) is -0.456. The van der Waals surface area contributed by atoms with E-state index in [1.165, 1.54) is 0 Å². The second-order valence-electron chi connectivity index (χ2n) is 5.17. The zero-order valence-electron chi connectivity index (χ0n) is 11.7. The number of hydrogen-bond donors (Lipinski definition) is 1. The van der Waals surface area contributed by atoms with Gasteiger partial charge in [-0.05, 0) is 23.6 Å². The number of carbonyl (C=O) groups is 1. The lowest BCUT2D eigenvalue weighted by Crippen LogP contribution is -2.29. The standard InChI is InChI=1S/C18H16O3/c1-13(14-8-4-2-5-9-14)16-17(19)21-12-18(16,20)15-10-6-3-7-11-15/h2-11,20H,12H2,1H3/b16-13-. The third kappa shape index (κ3) is 2.26. The molecule has 21 heavy (non-hydrogen) atoms. The molecule has 1 aliphatic rings. The van der Waals surface area contributed by atoms with Crippen LogP contribution in [0.2, 0.25) is 0 Å². The van der Waals surface area contributed by atoms with Crippen LogP contribution in [0.25, 0.3) is 5.57 Å². The van der Waals surface area contributed by atoms with Gasteiger partial charge in [-0.15, -0.1) is 0 Å². The molecule has 2 aromatic rings. The summed E-state index contributed by atoms with van der Waals surface area (Å²) in [6.07, 6.45) is 0. The quantitative estimate of drug-likeness (QED) is 0.679. The van der Waals surface area contributed by atoms with Crippen LogP contribution in [0.4, 0.5) is 0 Å². The lowest BCUT2D eigenvalue weighted by molar-refractivity contribution is -0.135. The lowest BCUT2D eigenvalue weighted by Gasteiger charge is -2.23. The van der Waals surface area contributed by atoms with Crippen molar-refractivity contribution >= 4 is 11.5 Å². The second-order valence-corrected chi connectivity index (χ2v) is 5.17. The molecule has 106 valence electrons. The summed E-state index contributed by atoms with van der Waals surface area (Å²) >= 11 is 0. The normalized spacial score (nSPS) is 23.8. The van der Waals surface area contributed by atoms with Crippen LogP contribution < -0.4 is 0 Å². The molecular weight excluding hydrogens is 264 g/mol. The maximum atomic E-state index is 12.1. The zero-order chi connectivity index (χ0) is 14.9. The molecular formula is C18H16O3. The van der Waals surface area contributed by atoms with Crippen LogP contribution in [0.15, 0.2) is 66.2 Å². The van der Waals surface area contributed by atoms with Crippen LogP contribution >= 0.6 is 0 Å². The highest BCUT2D eigenvalue weighted by Crippen LogP contribution is 2.40. The Bertz CT molecular complexity index is 689. The highest BCUT2D eigenvalue weighted by molar-refractivity contribution is 6.01. The van der Waals surface area contributed by atoms with E-state index in [0.29, 0.717) is 11.1 Å². The third-order valence-corrected chi connectivity index (χ3v) is 3.86. The Labute approximate surface area is 123 Å². The molecule has 1 N–H and O–H groups in total. The molecule has 0 aliphatic carbocycles. The van der Waals surface area contributed by atoms with E-state index in [4.69, 9.17) is 4.74 Å². The molecule has 3 heteroatoms. The molecule has 1 atom stereocenters. The first-order valence-corrected chi connectivity index (χ1v) is 6.85. The van der Waals surface area contributed by atoms with Gasteiger partial charge in [0.2, 0.25) is 0 Å². The third-order valence-electron chi connectivity index (χ3n) is 3.86. The first kappa shape index (κ1) is 13.6. The summed E-state index contributed by atoms with van der Waals surface area (Å²) < 4.78 is 5.13. The summed E-state index contributed by atoms with van der Waals surface area (Å²) in [5, 5.41) is 11.0. The van der Waals surface area contributed by atoms with E-state index in [2.05, 4.69) is 0 Å². The van der Waals surface area contributed by atoms with Gasteiger partial charge in [0, 0.05) is 0 Å². The number of esters is 1. The van der Waals surface area contributed by atoms with E-state index in [9.17, 15) is 9.90 Å². The molecule has 1 fully saturated rings. The van der Waals surface area contributed by atoms with Gasteiger partial charge in [0.1, 0.15) is 6.61 Å². The van der Waals surface area contributed by atoms with Crippen molar-refractivity contribution in [2.75, 3.05) is 6.61 Å². The molecule has 0 bridgehead atoms. The molecule has 1 heterocycles. The fourth-order valence-corrected chi connectivity index (χ4v) is 2.72. The van der Waals surface area contributed by atoms with Crippen molar-refractivity contribution in [3.05, 3.63) is 77.4 Å². The van der Waals surface area contributed by atoms with Gasteiger partial charge in [-0.1, -0.05) is 60.7 Å². The van der Waals surface area contributed by atoms with E-state index in [-0.39, 0.29) is 6.61 Å². The Kier molecular flexibility index (Phi) is 3.35. The molecule has 0 radical (unpaired) electrons. The van der Waals surface area contributed by atoms with Gasteiger partial charge < -0.3 is 9.84 Å². The number of allylic oxidation sites excluding steroid dienone is 1. The van der Waals surface area contributed by atoms with Crippen molar-refractivity contribution in [2.24, 2.45) is 0 Å². The summed E-state index contributed by atoms with van der Waals surface area (Å²) in [4.78, 5) is 12.1. The van der Waals surface area contributed by atoms with Crippen LogP contribution in [0, 0.1) is 0 Å². The van der Waals surface area contributed by atoms with Crippen molar-refractivity contribution in [3.8, 4) is 0 Å². The maximum absolute atomic E-state index is 12.1. The maximum Gasteiger partial charge on any atom is 0.337 e. The Balaban J connectivity index is 2.17. The molecule has 0 spiro atoms. The van der Waals surface area contributed by atoms with Gasteiger partial charge in [0.25, 0.3) is 0 Å². The number of hydrogen-bond acceptors (Lipinski definition) is 3. The van der Waals surface area contributed by atoms with Crippen LogP contribution in [0.3, 0.4) is 0 Å². The Morgan fingerprint density at radius 3 is 2.24 bits per heavy atom. The SMILES string of the molecule is C/C(=C1\C(=O)OCC1(O)c1ccccc1)c1ccccc1. The van der Waals surface area contributed by atoms with E-state index in [1.54, 1.807) is 12.1 Å². The minimum atomic E-state index is -1.39. The summed E-state index contributed by atoms with van der Waals surface area (Å²) in [5.41, 5.74) is 1.24. The van der Waals surface area contributed by atoms with E-state index in [1.807, 2.05) is 55.5 Å². The topological polar surface area (TPSA) is 46.5 Å². The van der Waals surface area contributed by atoms with Crippen LogP contribution in [-0.4, -0.2) is 17.7 Å². The molecule has 0 saturated carbocycles. The highest BCUT2D eigenvalue weighted by Gasteiger charge is 2.46. The summed E-state index contributed by atoms with van der Waals surface area (Å²) in [6.45, 7) is 1.79. The molecule has 1 unspecified atom stereocenters. The molecule has 1 saturated heterocycles. The number of cyclic esters (lactones) is 1. The Morgan fingerprint density at radius 1 is 1.05 bits per heavy atom. The van der Waals surface area contributed by atoms with Gasteiger partial charge in [-0.3, -0.25) is 0 Å². The predicted octanol–water partition coefficient (Wildman–Crippen LogP) is 2.90. The second kappa shape index (κ2) is 5.19. The minimum Gasteiger partial charge on any atom is -0.458 e. The highest BCUT2D eigenvalue weighted by atomic mass is 16.6. The molecule has 3 nitrogen and oxygen atoms in total. The summed E-state index contributed by atoms with van der Waals surface area (Å²) in [7, 11) is 0. The van der Waals surface area contributed by atoms with Crippen molar-refractivity contribution in [3.63, 3.8) is 0 Å². The van der Waals surface area contributed by atoms with E-state index in [0.717, 1.165) is 11.1 Å². The summed E-state index contributed by atoms with van der Waals surface area (Å²) in [6, 6.07) is 18.7. The average molecular weight is 280 g/mol. The van der Waals surface area contributed by atoms with E-state index >= 15 is 0 Å². The van der Waals surface area contributed by atoms with Crippen molar-refractivity contribution < 1.29 is 14.6 Å². The first-order chi connectivity index (χ1) is 10.1. The van der Waals surface area contributed by atoms with Gasteiger partial charge in [-0.25, -0.2) is 4.79 Å². The molecule has 1 aliphatic heterocycles. The number of ether oxygens (including phenoxy) is 1. The fraction of sp³-hybridized carbons (Fsp3) is 0.167. The minimum absolute atomic E-state index is 0.0463. The molecule has 0 amide bonds. The van der Waals surface area contributed by atoms with Crippen LogP contribution in [0.1, 0.15) is 18.1 Å². The van der Waals surface area contributed by atoms with Crippen molar-refractivity contribution in [2.45, 2.75) is 12.5 Å². The molecule has 3 rings (SSSR count). The zero-order valence-corrected chi connectivity index (χ0v) is 11.7. The largest absolute Gasteiger partial charge is 0.458 e. The average Bonchev–Trinajstić information content (AvgIpc) is 2.85. The number of aliphatic hydroxyl groups is 1. The lowest BCUT2D eigenvalue weighted by atomic mass is 9.84. The van der Waals surface area contributed by atoms with Gasteiger partial charge in [-0.2, -0.15) is 0 Å². The number of benzene rings is 2. The predicted molar refractivity (Wildman–Crippen MR) is 80.3 cm³/mol. The van der Waals surface area contributed by atoms with Crippen molar-refractivity contribution in [1.29, 1.82) is 0 Å². The molecule has 0 aromatic heterocycles. The fourth-order valence-electron chi connectivity index (χ4n) is 2.72. The van der Waals surface area contributed by atoms with Gasteiger partial charge in [0.15, 0.2) is 5.60 Å². The van der Waals surface area contributed by atoms with Gasteiger partial charge in [0.05, 0.1) is 5.57 Å². The smallest absolute Gasteiger partial charge is 0.337 e. The number of rotatable bonds is 2. The van der Waals surface area contributed by atoms with Crippen LogP contribution in [0.5, 0.6) is 0 Å². The van der Waals surface area contributed by atoms with E-state index < -0.39 is 11.6 Å². The Morgan fingerprint density at radius 2 is 1.62 bits per heavy atom. The first-order valence-electron chi connectivity index (χ1n) is 6.85. The number of carbonyl (C=O) groups excluding carboxylic acids is 1. The van der Waals surface area contributed by atoms with Gasteiger partial charge >= 0.3 is 5.97 Å². The molecule has 2 aromatic carbocycles. The van der Waals surface area contributed by atoms with Crippen molar-refractivity contribution in [1.82, 2.24) is 0 Å². The monoisotopic (exact) mass is 280 g/mol. The Hall–Kier alpha value is -2.39. The van der Waals surface area contributed by atoms with Crippen LogP contribution in [-0.2, 0) is 15.1 Å².